The van der Waals surface area contributed by atoms with E-state index in [-0.39, 0.29) is 23.4 Å². The standard InChI is InChI=1S/C27H28ClF2N3O/c28-18-9-12-20(13-10-18)33-27(22-7-3-4-8-24(22)32-33)21-6-2-1-5-17(21)15-26(34)31-25-14-11-19(29)16-23(25)30/h9-14,16-17,21H,1-8,15H2,(H,31,34). The highest BCUT2D eigenvalue weighted by atomic mass is 35.5. The van der Waals surface area contributed by atoms with Gasteiger partial charge in [-0.1, -0.05) is 24.4 Å². The zero-order chi connectivity index (χ0) is 23.7. The van der Waals surface area contributed by atoms with Crippen LogP contribution in [-0.2, 0) is 17.6 Å². The quantitative estimate of drug-likeness (QED) is 0.425. The molecule has 1 aromatic heterocycles. The second-order valence-corrected chi connectivity index (χ2v) is 9.87. The minimum Gasteiger partial charge on any atom is -0.324 e. The molecule has 5 rings (SSSR count). The van der Waals surface area contributed by atoms with Crippen LogP contribution < -0.4 is 5.32 Å². The van der Waals surface area contributed by atoms with Crippen molar-refractivity contribution in [3.63, 3.8) is 0 Å². The van der Waals surface area contributed by atoms with Crippen LogP contribution in [0, 0.1) is 17.6 Å². The average Bonchev–Trinajstić information content (AvgIpc) is 3.21. The van der Waals surface area contributed by atoms with Gasteiger partial charge >= 0.3 is 0 Å². The van der Waals surface area contributed by atoms with Gasteiger partial charge in [-0.25, -0.2) is 13.5 Å². The van der Waals surface area contributed by atoms with Crippen LogP contribution in [0.1, 0.15) is 67.8 Å². The van der Waals surface area contributed by atoms with E-state index in [1.807, 2.05) is 24.3 Å². The van der Waals surface area contributed by atoms with Crippen molar-refractivity contribution in [2.45, 2.75) is 63.7 Å². The van der Waals surface area contributed by atoms with Crippen LogP contribution in [0.15, 0.2) is 42.5 Å². The number of hydrogen-bond acceptors (Lipinski definition) is 2. The van der Waals surface area contributed by atoms with E-state index in [4.69, 9.17) is 16.7 Å². The van der Waals surface area contributed by atoms with Crippen molar-refractivity contribution in [1.29, 1.82) is 0 Å². The Kier molecular flexibility index (Phi) is 6.68. The fraction of sp³-hybridized carbons (Fsp3) is 0.407. The maximum Gasteiger partial charge on any atom is 0.224 e. The molecule has 2 aliphatic rings. The summed E-state index contributed by atoms with van der Waals surface area (Å²) in [6.45, 7) is 0. The third kappa shape index (κ3) is 4.74. The van der Waals surface area contributed by atoms with Crippen molar-refractivity contribution < 1.29 is 13.6 Å². The Bertz CT molecular complexity index is 1190. The Labute approximate surface area is 203 Å². The molecule has 178 valence electrons. The van der Waals surface area contributed by atoms with Gasteiger partial charge in [0.1, 0.15) is 11.6 Å². The number of halogens is 3. The summed E-state index contributed by atoms with van der Waals surface area (Å²) in [6, 6.07) is 11.0. The highest BCUT2D eigenvalue weighted by Crippen LogP contribution is 2.43. The largest absolute Gasteiger partial charge is 0.324 e. The van der Waals surface area contributed by atoms with E-state index < -0.39 is 11.6 Å². The molecule has 2 unspecified atom stereocenters. The van der Waals surface area contributed by atoms with E-state index in [1.165, 1.54) is 23.0 Å². The first-order valence-corrected chi connectivity index (χ1v) is 12.5. The molecule has 1 saturated carbocycles. The SMILES string of the molecule is O=C(CC1CCCCC1c1c2c(nn1-c1ccc(Cl)cc1)CCCC2)Nc1ccc(F)cc1F. The van der Waals surface area contributed by atoms with Gasteiger partial charge in [0.05, 0.1) is 22.8 Å². The van der Waals surface area contributed by atoms with Gasteiger partial charge in [0.2, 0.25) is 5.91 Å². The lowest BCUT2D eigenvalue weighted by Crippen LogP contribution is -2.26. The first kappa shape index (κ1) is 23.0. The Morgan fingerprint density at radius 3 is 2.59 bits per heavy atom. The third-order valence-corrected chi connectivity index (χ3v) is 7.43. The molecule has 0 radical (unpaired) electrons. The highest BCUT2D eigenvalue weighted by Gasteiger charge is 2.35. The van der Waals surface area contributed by atoms with Crippen molar-refractivity contribution in [2.75, 3.05) is 5.32 Å². The Morgan fingerprint density at radius 2 is 1.79 bits per heavy atom. The molecule has 34 heavy (non-hydrogen) atoms. The molecule has 1 amide bonds. The van der Waals surface area contributed by atoms with Crippen LogP contribution in [0.4, 0.5) is 14.5 Å². The molecule has 0 saturated heterocycles. The number of carbonyl (C=O) groups excluding carboxylic acids is 1. The normalized spacial score (nSPS) is 20.1. The van der Waals surface area contributed by atoms with E-state index in [1.54, 1.807) is 0 Å². The smallest absolute Gasteiger partial charge is 0.224 e. The molecular weight excluding hydrogens is 456 g/mol. The summed E-state index contributed by atoms with van der Waals surface area (Å²) in [7, 11) is 0. The van der Waals surface area contributed by atoms with Gasteiger partial charge in [0.15, 0.2) is 0 Å². The van der Waals surface area contributed by atoms with Gasteiger partial charge in [-0.3, -0.25) is 4.79 Å². The first-order chi connectivity index (χ1) is 16.5. The lowest BCUT2D eigenvalue weighted by molar-refractivity contribution is -0.117. The monoisotopic (exact) mass is 483 g/mol. The molecular formula is C27H28ClF2N3O. The van der Waals surface area contributed by atoms with Gasteiger partial charge in [-0.2, -0.15) is 5.10 Å². The zero-order valence-corrected chi connectivity index (χ0v) is 19.8. The van der Waals surface area contributed by atoms with Crippen LogP contribution in [0.3, 0.4) is 0 Å². The average molecular weight is 484 g/mol. The molecule has 2 aromatic carbocycles. The number of nitrogens with one attached hydrogen (secondary N) is 1. The summed E-state index contributed by atoms with van der Waals surface area (Å²) in [6.07, 6.45) is 8.67. The minimum atomic E-state index is -0.761. The van der Waals surface area contributed by atoms with Gasteiger partial charge in [-0.05, 0) is 86.4 Å². The van der Waals surface area contributed by atoms with E-state index in [2.05, 4.69) is 10.00 Å². The molecule has 7 heteroatoms. The number of fused-ring (bicyclic) bond motifs is 1. The molecule has 1 fully saturated rings. The number of nitrogens with zero attached hydrogens (tertiary/aromatic N) is 2. The van der Waals surface area contributed by atoms with E-state index in [9.17, 15) is 13.6 Å². The highest BCUT2D eigenvalue weighted by molar-refractivity contribution is 6.30. The van der Waals surface area contributed by atoms with Gasteiger partial charge < -0.3 is 5.32 Å². The van der Waals surface area contributed by atoms with Crippen LogP contribution in [-0.4, -0.2) is 15.7 Å². The minimum absolute atomic E-state index is 0.0161. The lowest BCUT2D eigenvalue weighted by atomic mass is 9.73. The van der Waals surface area contributed by atoms with Crippen molar-refractivity contribution in [3.8, 4) is 5.69 Å². The third-order valence-electron chi connectivity index (χ3n) is 7.18. The molecule has 2 atom stereocenters. The molecule has 3 aromatic rings. The molecule has 0 spiro atoms. The first-order valence-electron chi connectivity index (χ1n) is 12.1. The number of aromatic nitrogens is 2. The van der Waals surface area contributed by atoms with Crippen LogP contribution in [0.5, 0.6) is 0 Å². The van der Waals surface area contributed by atoms with Crippen molar-refractivity contribution in [1.82, 2.24) is 9.78 Å². The predicted octanol–water partition coefficient (Wildman–Crippen LogP) is 6.99. The summed E-state index contributed by atoms with van der Waals surface area (Å²) in [5, 5.41) is 8.35. The van der Waals surface area contributed by atoms with Crippen molar-refractivity contribution in [2.24, 2.45) is 5.92 Å². The topological polar surface area (TPSA) is 46.9 Å². The maximum atomic E-state index is 14.1. The molecule has 1 heterocycles. The number of anilines is 1. The fourth-order valence-electron chi connectivity index (χ4n) is 5.58. The van der Waals surface area contributed by atoms with E-state index >= 15 is 0 Å². The lowest BCUT2D eigenvalue weighted by Gasteiger charge is -2.33. The number of hydrogen-bond donors (Lipinski definition) is 1. The summed E-state index contributed by atoms with van der Waals surface area (Å²) < 4.78 is 29.4. The van der Waals surface area contributed by atoms with Gasteiger partial charge in [0, 0.05) is 23.4 Å². The summed E-state index contributed by atoms with van der Waals surface area (Å²) in [5.74, 6) is -1.34. The Morgan fingerprint density at radius 1 is 1.03 bits per heavy atom. The Balaban J connectivity index is 1.45. The number of carbonyl (C=O) groups is 1. The van der Waals surface area contributed by atoms with Gasteiger partial charge in [-0.15, -0.1) is 0 Å². The zero-order valence-electron chi connectivity index (χ0n) is 19.0. The number of benzene rings is 2. The predicted molar refractivity (Wildman–Crippen MR) is 130 cm³/mol. The van der Waals surface area contributed by atoms with Crippen LogP contribution >= 0.6 is 11.6 Å². The number of aryl methyl sites for hydroxylation is 1. The van der Waals surface area contributed by atoms with Gasteiger partial charge in [0.25, 0.3) is 0 Å². The molecule has 0 bridgehead atoms. The van der Waals surface area contributed by atoms with E-state index in [0.29, 0.717) is 11.4 Å². The number of rotatable bonds is 5. The summed E-state index contributed by atoms with van der Waals surface area (Å²) >= 11 is 6.13. The van der Waals surface area contributed by atoms with E-state index in [0.717, 1.165) is 69.2 Å². The van der Waals surface area contributed by atoms with Crippen LogP contribution in [0.2, 0.25) is 5.02 Å². The second-order valence-electron chi connectivity index (χ2n) is 9.43. The van der Waals surface area contributed by atoms with Crippen molar-refractivity contribution in [3.05, 3.63) is 76.1 Å². The Hall–Kier alpha value is -2.73. The fourth-order valence-corrected chi connectivity index (χ4v) is 5.71. The summed E-state index contributed by atoms with van der Waals surface area (Å²) in [4.78, 5) is 12.9. The number of amides is 1. The molecule has 2 aliphatic carbocycles. The second kappa shape index (κ2) is 9.87. The van der Waals surface area contributed by atoms with Crippen molar-refractivity contribution >= 4 is 23.2 Å². The molecule has 1 N–H and O–H groups in total. The maximum absolute atomic E-state index is 14.1. The molecule has 4 nitrogen and oxygen atoms in total. The van der Waals surface area contributed by atoms with Crippen LogP contribution in [0.25, 0.3) is 5.69 Å². The molecule has 0 aliphatic heterocycles. The summed E-state index contributed by atoms with van der Waals surface area (Å²) in [5.41, 5.74) is 4.72.